The van der Waals surface area contributed by atoms with Gasteiger partial charge in [-0.3, -0.25) is 0 Å². The lowest BCUT2D eigenvalue weighted by Gasteiger charge is -2.03. The normalized spacial score (nSPS) is 9.69. The van der Waals surface area contributed by atoms with E-state index in [-0.39, 0.29) is 0 Å². The van der Waals surface area contributed by atoms with Gasteiger partial charge in [-0.05, 0) is 11.6 Å². The number of nitrogens with two attached hydrogens (primary N) is 1. The summed E-state index contributed by atoms with van der Waals surface area (Å²) in [7, 11) is 0. The highest BCUT2D eigenvalue weighted by molar-refractivity contribution is 7.73. The minimum absolute atomic E-state index is 0.479. The summed E-state index contributed by atoms with van der Waals surface area (Å²) in [5.41, 5.74) is 8.10. The SMILES string of the molecule is N#Cc1cc(-c2ccccc2)c(=S)sc1N. The Morgan fingerprint density at radius 2 is 1.94 bits per heavy atom. The van der Waals surface area contributed by atoms with Crippen molar-refractivity contribution in [2.45, 2.75) is 0 Å². The molecule has 0 radical (unpaired) electrons. The predicted molar refractivity (Wildman–Crippen MR) is 69.7 cm³/mol. The highest BCUT2D eigenvalue weighted by Crippen LogP contribution is 2.28. The highest BCUT2D eigenvalue weighted by atomic mass is 32.1. The summed E-state index contributed by atoms with van der Waals surface area (Å²) >= 11 is 6.53. The first-order chi connectivity index (χ1) is 7.72. The predicted octanol–water partition coefficient (Wildman–Crippen LogP) is 3.60. The maximum Gasteiger partial charge on any atom is 0.105 e. The molecule has 1 aromatic heterocycles. The van der Waals surface area contributed by atoms with Gasteiger partial charge in [-0.15, -0.1) is 11.3 Å². The van der Waals surface area contributed by atoms with Gasteiger partial charge in [0.1, 0.15) is 11.1 Å². The molecule has 1 heterocycles. The number of hydrogen-bond donors (Lipinski definition) is 1. The molecule has 2 N–H and O–H groups in total. The van der Waals surface area contributed by atoms with E-state index in [2.05, 4.69) is 6.07 Å². The number of nitrogen functional groups attached to an aromatic ring is 1. The van der Waals surface area contributed by atoms with E-state index in [0.29, 0.717) is 14.4 Å². The van der Waals surface area contributed by atoms with Gasteiger partial charge in [0, 0.05) is 5.56 Å². The zero-order valence-electron chi connectivity index (χ0n) is 8.31. The van der Waals surface area contributed by atoms with Gasteiger partial charge >= 0.3 is 0 Å². The van der Waals surface area contributed by atoms with E-state index in [9.17, 15) is 0 Å². The molecule has 0 amide bonds. The van der Waals surface area contributed by atoms with E-state index in [0.717, 1.165) is 11.1 Å². The Balaban J connectivity index is 2.68. The second-order valence-corrected chi connectivity index (χ2v) is 4.92. The quantitative estimate of drug-likeness (QED) is 0.780. The first-order valence-electron chi connectivity index (χ1n) is 4.61. The zero-order chi connectivity index (χ0) is 11.5. The molecular weight excluding hydrogens is 236 g/mol. The van der Waals surface area contributed by atoms with Crippen molar-refractivity contribution in [3.8, 4) is 17.2 Å². The van der Waals surface area contributed by atoms with Crippen LogP contribution in [0.2, 0.25) is 0 Å². The molecular formula is C12H8N2S2. The van der Waals surface area contributed by atoms with Gasteiger partial charge in [-0.1, -0.05) is 42.5 Å². The van der Waals surface area contributed by atoms with Crippen molar-refractivity contribution >= 4 is 28.6 Å². The monoisotopic (exact) mass is 244 g/mol. The molecule has 0 aliphatic heterocycles. The highest BCUT2D eigenvalue weighted by Gasteiger charge is 2.05. The molecule has 0 spiro atoms. The van der Waals surface area contributed by atoms with Crippen LogP contribution in [0.25, 0.3) is 11.1 Å². The summed E-state index contributed by atoms with van der Waals surface area (Å²) in [5.74, 6) is 0. The Morgan fingerprint density at radius 1 is 1.25 bits per heavy atom. The number of nitriles is 1. The van der Waals surface area contributed by atoms with Crippen molar-refractivity contribution in [3.05, 3.63) is 45.8 Å². The number of anilines is 1. The third kappa shape index (κ3) is 1.96. The topological polar surface area (TPSA) is 49.8 Å². The minimum atomic E-state index is 0.479. The molecule has 2 rings (SSSR count). The first kappa shape index (κ1) is 10.8. The molecule has 4 heteroatoms. The van der Waals surface area contributed by atoms with Crippen LogP contribution in [-0.2, 0) is 0 Å². The lowest BCUT2D eigenvalue weighted by atomic mass is 10.1. The van der Waals surface area contributed by atoms with E-state index in [1.165, 1.54) is 11.3 Å². The molecule has 2 nitrogen and oxygen atoms in total. The van der Waals surface area contributed by atoms with Crippen LogP contribution < -0.4 is 5.73 Å². The van der Waals surface area contributed by atoms with Gasteiger partial charge in [-0.25, -0.2) is 0 Å². The van der Waals surface area contributed by atoms with Crippen LogP contribution in [0.5, 0.6) is 0 Å². The van der Waals surface area contributed by atoms with Crippen molar-refractivity contribution in [2.24, 2.45) is 0 Å². The van der Waals surface area contributed by atoms with Gasteiger partial charge in [0.05, 0.1) is 9.39 Å². The molecule has 0 saturated heterocycles. The summed E-state index contributed by atoms with van der Waals surface area (Å²) in [6.07, 6.45) is 0. The van der Waals surface area contributed by atoms with E-state index in [1.807, 2.05) is 30.3 Å². The van der Waals surface area contributed by atoms with Gasteiger partial charge in [0.2, 0.25) is 0 Å². The number of rotatable bonds is 1. The van der Waals surface area contributed by atoms with Crippen LogP contribution in [-0.4, -0.2) is 0 Å². The van der Waals surface area contributed by atoms with Crippen molar-refractivity contribution in [1.82, 2.24) is 0 Å². The number of nitrogens with zero attached hydrogens (tertiary/aromatic N) is 1. The van der Waals surface area contributed by atoms with Crippen molar-refractivity contribution in [1.29, 1.82) is 5.26 Å². The molecule has 16 heavy (non-hydrogen) atoms. The Bertz CT molecular complexity index is 609. The van der Waals surface area contributed by atoms with E-state index < -0.39 is 0 Å². The molecule has 0 saturated carbocycles. The van der Waals surface area contributed by atoms with Crippen LogP contribution in [0.3, 0.4) is 0 Å². The Kier molecular flexibility index (Phi) is 3.00. The third-order valence-corrected chi connectivity index (χ3v) is 3.50. The number of benzene rings is 1. The molecule has 0 unspecified atom stereocenters. The smallest absolute Gasteiger partial charge is 0.105 e. The number of hydrogen-bond acceptors (Lipinski definition) is 4. The molecule has 2 aromatic rings. The molecule has 1 aromatic carbocycles. The van der Waals surface area contributed by atoms with Crippen LogP contribution in [0, 0.1) is 15.2 Å². The van der Waals surface area contributed by atoms with E-state index in [1.54, 1.807) is 6.07 Å². The van der Waals surface area contributed by atoms with E-state index in [4.69, 9.17) is 23.2 Å². The maximum absolute atomic E-state index is 8.92. The zero-order valence-corrected chi connectivity index (χ0v) is 9.94. The van der Waals surface area contributed by atoms with Gasteiger partial charge in [0.25, 0.3) is 0 Å². The van der Waals surface area contributed by atoms with E-state index >= 15 is 0 Å². The average molecular weight is 244 g/mol. The van der Waals surface area contributed by atoms with Gasteiger partial charge in [-0.2, -0.15) is 5.26 Å². The molecule has 0 bridgehead atoms. The van der Waals surface area contributed by atoms with Crippen molar-refractivity contribution < 1.29 is 0 Å². The maximum atomic E-state index is 8.92. The molecule has 78 valence electrons. The van der Waals surface area contributed by atoms with Crippen LogP contribution >= 0.6 is 23.6 Å². The Labute approximate surface area is 103 Å². The van der Waals surface area contributed by atoms with Crippen molar-refractivity contribution in [3.63, 3.8) is 0 Å². The summed E-state index contributed by atoms with van der Waals surface area (Å²) in [4.78, 5) is 0. The molecule has 0 aliphatic carbocycles. The second-order valence-electron chi connectivity index (χ2n) is 3.20. The molecule has 0 fully saturated rings. The Hall–Kier alpha value is -1.70. The van der Waals surface area contributed by atoms with Crippen LogP contribution in [0.15, 0.2) is 36.4 Å². The van der Waals surface area contributed by atoms with Gasteiger partial charge in [0.15, 0.2) is 0 Å². The summed E-state index contributed by atoms with van der Waals surface area (Å²) in [6.45, 7) is 0. The average Bonchev–Trinajstić information content (AvgIpc) is 2.30. The van der Waals surface area contributed by atoms with Crippen LogP contribution in [0.1, 0.15) is 5.56 Å². The lowest BCUT2D eigenvalue weighted by Crippen LogP contribution is -1.89. The fourth-order valence-electron chi connectivity index (χ4n) is 1.39. The summed E-state index contributed by atoms with van der Waals surface area (Å²) in [5, 5.41) is 9.40. The fraction of sp³-hybridized carbons (Fsp3) is 0. The van der Waals surface area contributed by atoms with Crippen molar-refractivity contribution in [2.75, 3.05) is 5.73 Å². The lowest BCUT2D eigenvalue weighted by molar-refractivity contribution is 1.50. The second kappa shape index (κ2) is 4.44. The molecule has 0 atom stereocenters. The third-order valence-electron chi connectivity index (χ3n) is 2.18. The van der Waals surface area contributed by atoms with Gasteiger partial charge < -0.3 is 5.73 Å². The first-order valence-corrected chi connectivity index (χ1v) is 5.84. The largest absolute Gasteiger partial charge is 0.389 e. The standard InChI is InChI=1S/C12H8N2S2/c13-7-9-6-10(12(15)16-11(9)14)8-4-2-1-3-5-8/h1-6H,14H2. The summed E-state index contributed by atoms with van der Waals surface area (Å²) in [6, 6.07) is 13.6. The fourth-order valence-corrected chi connectivity index (χ4v) is 2.54. The minimum Gasteiger partial charge on any atom is -0.389 e. The Morgan fingerprint density at radius 3 is 2.56 bits per heavy atom. The molecule has 0 aliphatic rings. The van der Waals surface area contributed by atoms with Crippen LogP contribution in [0.4, 0.5) is 5.00 Å². The summed E-state index contributed by atoms with van der Waals surface area (Å²) < 4.78 is 0.711.